The fraction of sp³-hybridized carbons (Fsp3) is 0.500. The number of pyridine rings is 1. The molecule has 1 aromatic heterocycles. The highest BCUT2D eigenvalue weighted by Crippen LogP contribution is 2.46. The molecule has 0 atom stereocenters. The summed E-state index contributed by atoms with van der Waals surface area (Å²) in [5, 5.41) is 0. The van der Waals surface area contributed by atoms with Crippen molar-refractivity contribution >= 4 is 0 Å². The lowest BCUT2D eigenvalue weighted by Crippen LogP contribution is -2.40. The van der Waals surface area contributed by atoms with Crippen LogP contribution in [0.25, 0.3) is 11.3 Å². The summed E-state index contributed by atoms with van der Waals surface area (Å²) in [7, 11) is 2.19. The minimum Gasteiger partial charge on any atom is -0.201 e. The van der Waals surface area contributed by atoms with E-state index in [0.717, 1.165) is 0 Å². The van der Waals surface area contributed by atoms with Crippen LogP contribution in [-0.4, -0.2) is 0 Å². The third-order valence-corrected chi connectivity index (χ3v) is 5.77. The van der Waals surface area contributed by atoms with E-state index in [0.29, 0.717) is 0 Å². The van der Waals surface area contributed by atoms with E-state index in [1.807, 2.05) is 0 Å². The average Bonchev–Trinajstić information content (AvgIpc) is 2.44. The van der Waals surface area contributed by atoms with Gasteiger partial charge in [-0.25, -0.2) is 4.57 Å². The van der Waals surface area contributed by atoms with Crippen LogP contribution in [0.2, 0.25) is 0 Å². The second-order valence-corrected chi connectivity index (χ2v) is 8.68. The molecular weight excluding hydrogens is 278 g/mol. The lowest BCUT2D eigenvalue weighted by Gasteiger charge is -2.40. The molecule has 1 heteroatoms. The SMILES string of the molecule is Cc1ccc(-c2cc3c(c[n+]2C)C(C)(C)CCC3(C)C)c(C)c1. The Morgan fingerprint density at radius 3 is 2.09 bits per heavy atom. The van der Waals surface area contributed by atoms with Gasteiger partial charge in [0, 0.05) is 17.2 Å². The lowest BCUT2D eigenvalue weighted by atomic mass is 9.63. The Morgan fingerprint density at radius 1 is 0.870 bits per heavy atom. The number of fused-ring (bicyclic) bond motifs is 1. The molecule has 1 heterocycles. The zero-order chi connectivity index (χ0) is 17.0. The van der Waals surface area contributed by atoms with Crippen molar-refractivity contribution in [2.45, 2.75) is 65.2 Å². The zero-order valence-corrected chi connectivity index (χ0v) is 15.7. The monoisotopic (exact) mass is 308 g/mol. The van der Waals surface area contributed by atoms with Gasteiger partial charge in [-0.3, -0.25) is 0 Å². The van der Waals surface area contributed by atoms with E-state index in [2.05, 4.69) is 83.6 Å². The van der Waals surface area contributed by atoms with Crippen molar-refractivity contribution in [1.82, 2.24) is 0 Å². The van der Waals surface area contributed by atoms with Crippen LogP contribution in [0.4, 0.5) is 0 Å². The topological polar surface area (TPSA) is 3.88 Å². The first-order valence-electron chi connectivity index (χ1n) is 8.74. The summed E-state index contributed by atoms with van der Waals surface area (Å²) in [6.45, 7) is 13.9. The summed E-state index contributed by atoms with van der Waals surface area (Å²) >= 11 is 0. The third-order valence-electron chi connectivity index (χ3n) is 5.77. The Morgan fingerprint density at radius 2 is 1.48 bits per heavy atom. The van der Waals surface area contributed by atoms with Gasteiger partial charge in [0.05, 0.1) is 0 Å². The molecule has 0 fully saturated rings. The predicted molar refractivity (Wildman–Crippen MR) is 97.8 cm³/mol. The van der Waals surface area contributed by atoms with E-state index >= 15 is 0 Å². The fourth-order valence-electron chi connectivity index (χ4n) is 4.01. The number of benzene rings is 1. The molecule has 122 valence electrons. The minimum absolute atomic E-state index is 0.256. The van der Waals surface area contributed by atoms with Crippen LogP contribution >= 0.6 is 0 Å². The first-order valence-corrected chi connectivity index (χ1v) is 8.74. The highest BCUT2D eigenvalue weighted by Gasteiger charge is 2.39. The normalized spacial score (nSPS) is 18.6. The zero-order valence-electron chi connectivity index (χ0n) is 15.7. The standard InChI is InChI=1S/C22H30N/c1-15-8-9-17(16(2)12-15)20-13-18-19(14-23(20)7)22(5,6)11-10-21(18,3)4/h8-9,12-14H,10-11H2,1-7H3/q+1. The van der Waals surface area contributed by atoms with Crippen molar-refractivity contribution in [2.24, 2.45) is 7.05 Å². The largest absolute Gasteiger partial charge is 0.212 e. The van der Waals surface area contributed by atoms with Gasteiger partial charge in [-0.05, 0) is 54.7 Å². The van der Waals surface area contributed by atoms with Gasteiger partial charge in [-0.2, -0.15) is 0 Å². The van der Waals surface area contributed by atoms with Crippen LogP contribution in [0.1, 0.15) is 62.8 Å². The van der Waals surface area contributed by atoms with E-state index in [-0.39, 0.29) is 10.8 Å². The Kier molecular flexibility index (Phi) is 3.66. The first-order chi connectivity index (χ1) is 10.6. The fourth-order valence-corrected chi connectivity index (χ4v) is 4.01. The van der Waals surface area contributed by atoms with Gasteiger partial charge in [-0.1, -0.05) is 45.4 Å². The Bertz CT molecular complexity index is 766. The third kappa shape index (κ3) is 2.71. The molecule has 0 amide bonds. The van der Waals surface area contributed by atoms with Gasteiger partial charge in [0.25, 0.3) is 0 Å². The summed E-state index contributed by atoms with van der Waals surface area (Å²) in [6, 6.07) is 9.22. The molecule has 0 spiro atoms. The van der Waals surface area contributed by atoms with Gasteiger partial charge in [0.15, 0.2) is 6.20 Å². The van der Waals surface area contributed by atoms with E-state index in [1.54, 1.807) is 0 Å². The Labute approximate surface area is 141 Å². The molecule has 0 saturated heterocycles. The molecule has 1 nitrogen and oxygen atoms in total. The van der Waals surface area contributed by atoms with Crippen LogP contribution in [-0.2, 0) is 17.9 Å². The highest BCUT2D eigenvalue weighted by atomic mass is 14.9. The smallest absolute Gasteiger partial charge is 0.201 e. The maximum Gasteiger partial charge on any atom is 0.212 e. The molecule has 0 bridgehead atoms. The molecule has 1 aliphatic carbocycles. The maximum atomic E-state index is 2.45. The minimum atomic E-state index is 0.256. The van der Waals surface area contributed by atoms with Crippen molar-refractivity contribution in [3.05, 3.63) is 52.7 Å². The van der Waals surface area contributed by atoms with Gasteiger partial charge in [-0.15, -0.1) is 0 Å². The van der Waals surface area contributed by atoms with Gasteiger partial charge < -0.3 is 0 Å². The van der Waals surface area contributed by atoms with Gasteiger partial charge in [0.2, 0.25) is 5.69 Å². The maximum absolute atomic E-state index is 2.45. The molecular formula is C22H30N+. The molecule has 1 aromatic carbocycles. The van der Waals surface area contributed by atoms with Gasteiger partial charge >= 0.3 is 0 Å². The molecule has 3 rings (SSSR count). The van der Waals surface area contributed by atoms with Crippen molar-refractivity contribution in [2.75, 3.05) is 0 Å². The van der Waals surface area contributed by atoms with Crippen LogP contribution in [0.3, 0.4) is 0 Å². The number of rotatable bonds is 1. The quantitative estimate of drug-likeness (QED) is 0.642. The van der Waals surface area contributed by atoms with Crippen molar-refractivity contribution in [3.63, 3.8) is 0 Å². The number of aryl methyl sites for hydroxylation is 3. The Balaban J connectivity index is 2.26. The highest BCUT2D eigenvalue weighted by molar-refractivity contribution is 5.63. The predicted octanol–water partition coefficient (Wildman–Crippen LogP) is 5.14. The Hall–Kier alpha value is -1.63. The summed E-state index contributed by atoms with van der Waals surface area (Å²) < 4.78 is 2.32. The molecule has 2 aromatic rings. The molecule has 0 N–H and O–H groups in total. The number of hydrogen-bond acceptors (Lipinski definition) is 0. The van der Waals surface area contributed by atoms with Crippen molar-refractivity contribution in [3.8, 4) is 11.3 Å². The first kappa shape index (κ1) is 16.2. The van der Waals surface area contributed by atoms with Crippen molar-refractivity contribution < 1.29 is 4.57 Å². The number of aromatic nitrogens is 1. The second-order valence-electron chi connectivity index (χ2n) is 8.68. The molecule has 0 saturated carbocycles. The van der Waals surface area contributed by atoms with Crippen LogP contribution in [0, 0.1) is 13.8 Å². The summed E-state index contributed by atoms with van der Waals surface area (Å²) in [5.74, 6) is 0. The van der Waals surface area contributed by atoms with E-state index in [9.17, 15) is 0 Å². The number of hydrogen-bond donors (Lipinski definition) is 0. The van der Waals surface area contributed by atoms with E-state index in [4.69, 9.17) is 0 Å². The molecule has 0 radical (unpaired) electrons. The van der Waals surface area contributed by atoms with Crippen molar-refractivity contribution in [1.29, 1.82) is 0 Å². The van der Waals surface area contributed by atoms with E-state index in [1.165, 1.54) is 46.4 Å². The van der Waals surface area contributed by atoms with Crippen LogP contribution < -0.4 is 4.57 Å². The average molecular weight is 308 g/mol. The summed E-state index contributed by atoms with van der Waals surface area (Å²) in [4.78, 5) is 0. The second kappa shape index (κ2) is 5.19. The van der Waals surface area contributed by atoms with Gasteiger partial charge in [0.1, 0.15) is 7.05 Å². The molecule has 1 aliphatic rings. The number of nitrogens with zero attached hydrogens (tertiary/aromatic N) is 1. The van der Waals surface area contributed by atoms with Crippen LogP contribution in [0.5, 0.6) is 0 Å². The van der Waals surface area contributed by atoms with E-state index < -0.39 is 0 Å². The molecule has 23 heavy (non-hydrogen) atoms. The molecule has 0 unspecified atom stereocenters. The summed E-state index contributed by atoms with van der Waals surface area (Å²) in [6.07, 6.45) is 4.90. The summed E-state index contributed by atoms with van der Waals surface area (Å²) in [5.41, 5.74) is 8.93. The molecule has 0 aliphatic heterocycles. The lowest BCUT2D eigenvalue weighted by molar-refractivity contribution is -0.661. The van der Waals surface area contributed by atoms with Crippen LogP contribution in [0.15, 0.2) is 30.5 Å².